The molecule has 166 valence electrons. The van der Waals surface area contributed by atoms with Crippen LogP contribution in [-0.4, -0.2) is 77.8 Å². The monoisotopic (exact) mass is 437 g/mol. The first-order valence-corrected chi connectivity index (χ1v) is 10.5. The smallest absolute Gasteiger partial charge is 0.295 e. The maximum atomic E-state index is 13.1. The average molecular weight is 437 g/mol. The molecule has 0 aliphatic carbocycles. The molecule has 5 rings (SSSR count). The number of nitrogens with zero attached hydrogens (tertiary/aromatic N) is 3. The zero-order valence-electron chi connectivity index (χ0n) is 17.4. The number of ketones is 1. The molecular weight excluding hydrogens is 414 g/mol. The van der Waals surface area contributed by atoms with E-state index in [0.717, 1.165) is 13.1 Å². The van der Waals surface area contributed by atoms with E-state index in [1.807, 2.05) is 0 Å². The number of amides is 1. The van der Waals surface area contributed by atoms with E-state index in [9.17, 15) is 14.7 Å². The number of ether oxygens (including phenoxy) is 3. The topological polar surface area (TPSA) is 101 Å². The number of carbonyl (C=O) groups excluding carboxylic acids is 2. The molecule has 1 aromatic heterocycles. The Morgan fingerprint density at radius 1 is 1.09 bits per heavy atom. The molecule has 4 heterocycles. The van der Waals surface area contributed by atoms with Gasteiger partial charge in [-0.15, -0.1) is 0 Å². The summed E-state index contributed by atoms with van der Waals surface area (Å²) in [4.78, 5) is 34.0. The predicted molar refractivity (Wildman–Crippen MR) is 113 cm³/mol. The Morgan fingerprint density at radius 2 is 1.91 bits per heavy atom. The highest BCUT2D eigenvalue weighted by Crippen LogP contribution is 2.41. The minimum absolute atomic E-state index is 0.0452. The SMILES string of the molecule is O=C1C(=O)N(CCN2CCOCC2)C(c2cccnc2)/C1=C(/O)c1ccc2c(c1)OCO2. The number of likely N-dealkylation sites (tertiary alicyclic amines) is 1. The van der Waals surface area contributed by atoms with Crippen molar-refractivity contribution in [2.75, 3.05) is 46.2 Å². The Bertz CT molecular complexity index is 1060. The van der Waals surface area contributed by atoms with Crippen LogP contribution < -0.4 is 9.47 Å². The van der Waals surface area contributed by atoms with E-state index >= 15 is 0 Å². The normalized spacial score (nSPS) is 22.5. The molecule has 2 aromatic rings. The number of aliphatic hydroxyl groups is 1. The summed E-state index contributed by atoms with van der Waals surface area (Å²) in [5.74, 6) is -0.542. The molecule has 32 heavy (non-hydrogen) atoms. The minimum atomic E-state index is -0.727. The summed E-state index contributed by atoms with van der Waals surface area (Å²) in [6.07, 6.45) is 3.24. The predicted octanol–water partition coefficient (Wildman–Crippen LogP) is 1.56. The second-order valence-electron chi connectivity index (χ2n) is 7.80. The summed E-state index contributed by atoms with van der Waals surface area (Å²) in [6, 6.07) is 7.75. The maximum Gasteiger partial charge on any atom is 0.295 e. The number of fused-ring (bicyclic) bond motifs is 1. The highest BCUT2D eigenvalue weighted by molar-refractivity contribution is 6.46. The molecule has 9 heteroatoms. The van der Waals surface area contributed by atoms with Crippen molar-refractivity contribution >= 4 is 17.4 Å². The number of aromatic nitrogens is 1. The zero-order valence-corrected chi connectivity index (χ0v) is 17.4. The van der Waals surface area contributed by atoms with Gasteiger partial charge >= 0.3 is 0 Å². The van der Waals surface area contributed by atoms with E-state index in [4.69, 9.17) is 14.2 Å². The Balaban J connectivity index is 1.52. The van der Waals surface area contributed by atoms with Crippen molar-refractivity contribution in [2.24, 2.45) is 0 Å². The fourth-order valence-electron chi connectivity index (χ4n) is 4.27. The van der Waals surface area contributed by atoms with Gasteiger partial charge in [0.1, 0.15) is 5.76 Å². The quantitative estimate of drug-likeness (QED) is 0.427. The summed E-state index contributed by atoms with van der Waals surface area (Å²) < 4.78 is 16.1. The van der Waals surface area contributed by atoms with Gasteiger partial charge in [0.05, 0.1) is 24.8 Å². The minimum Gasteiger partial charge on any atom is -0.507 e. The molecule has 1 unspecified atom stereocenters. The van der Waals surface area contributed by atoms with E-state index in [1.54, 1.807) is 42.7 Å². The van der Waals surface area contributed by atoms with Crippen LogP contribution in [0.2, 0.25) is 0 Å². The van der Waals surface area contributed by atoms with Crippen LogP contribution in [0.3, 0.4) is 0 Å². The second-order valence-corrected chi connectivity index (χ2v) is 7.80. The Morgan fingerprint density at radius 3 is 2.69 bits per heavy atom. The van der Waals surface area contributed by atoms with Gasteiger partial charge in [-0.3, -0.25) is 19.5 Å². The Kier molecular flexibility index (Phi) is 5.50. The molecule has 3 aliphatic heterocycles. The van der Waals surface area contributed by atoms with Crippen molar-refractivity contribution in [1.82, 2.24) is 14.8 Å². The van der Waals surface area contributed by atoms with Gasteiger partial charge in [-0.05, 0) is 29.8 Å². The van der Waals surface area contributed by atoms with Crippen LogP contribution in [-0.2, 0) is 14.3 Å². The van der Waals surface area contributed by atoms with Crippen molar-refractivity contribution < 1.29 is 28.9 Å². The van der Waals surface area contributed by atoms with Crippen LogP contribution in [0.25, 0.3) is 5.76 Å². The van der Waals surface area contributed by atoms with Gasteiger partial charge in [-0.1, -0.05) is 6.07 Å². The number of benzene rings is 1. The first-order chi connectivity index (χ1) is 15.6. The number of rotatable bonds is 5. The molecule has 3 aliphatic rings. The molecule has 1 N–H and O–H groups in total. The molecule has 1 atom stereocenters. The largest absolute Gasteiger partial charge is 0.507 e. The lowest BCUT2D eigenvalue weighted by Crippen LogP contribution is -2.42. The fourth-order valence-corrected chi connectivity index (χ4v) is 4.27. The number of carbonyl (C=O) groups is 2. The highest BCUT2D eigenvalue weighted by Gasteiger charge is 2.46. The summed E-state index contributed by atoms with van der Waals surface area (Å²) in [7, 11) is 0. The molecular formula is C23H23N3O6. The van der Waals surface area contributed by atoms with Gasteiger partial charge in [0.25, 0.3) is 11.7 Å². The number of hydrogen-bond acceptors (Lipinski definition) is 8. The van der Waals surface area contributed by atoms with Crippen LogP contribution in [0.1, 0.15) is 17.2 Å². The third kappa shape index (κ3) is 3.69. The first kappa shape index (κ1) is 20.5. The van der Waals surface area contributed by atoms with E-state index in [1.165, 1.54) is 4.90 Å². The van der Waals surface area contributed by atoms with E-state index in [-0.39, 0.29) is 18.1 Å². The first-order valence-electron chi connectivity index (χ1n) is 10.5. The fraction of sp³-hybridized carbons (Fsp3) is 0.348. The van der Waals surface area contributed by atoms with E-state index < -0.39 is 17.7 Å². The summed E-state index contributed by atoms with van der Waals surface area (Å²) in [5, 5.41) is 11.1. The zero-order chi connectivity index (χ0) is 22.1. The third-order valence-electron chi connectivity index (χ3n) is 5.95. The van der Waals surface area contributed by atoms with Crippen LogP contribution in [0.15, 0.2) is 48.3 Å². The van der Waals surface area contributed by atoms with Crippen molar-refractivity contribution in [3.8, 4) is 11.5 Å². The third-order valence-corrected chi connectivity index (χ3v) is 5.95. The van der Waals surface area contributed by atoms with Crippen LogP contribution in [0, 0.1) is 0 Å². The van der Waals surface area contributed by atoms with Crippen LogP contribution in [0.4, 0.5) is 0 Å². The average Bonchev–Trinajstić information content (AvgIpc) is 3.40. The second kappa shape index (κ2) is 8.60. The molecule has 1 amide bonds. The highest BCUT2D eigenvalue weighted by atomic mass is 16.7. The molecule has 0 radical (unpaired) electrons. The summed E-state index contributed by atoms with van der Waals surface area (Å²) in [5.41, 5.74) is 1.09. The van der Waals surface area contributed by atoms with Gasteiger partial charge < -0.3 is 24.2 Å². The standard InChI is InChI=1S/C23H23N3O6/c27-21(15-3-4-17-18(12-15)32-14-31-17)19-20(16-2-1-5-24-13-16)26(23(29)22(19)28)7-6-25-8-10-30-11-9-25/h1-5,12-13,20,27H,6-11,14H2/b21-19-. The summed E-state index contributed by atoms with van der Waals surface area (Å²) >= 11 is 0. The van der Waals surface area contributed by atoms with Gasteiger partial charge in [-0.25, -0.2) is 0 Å². The molecule has 9 nitrogen and oxygen atoms in total. The number of hydrogen-bond donors (Lipinski definition) is 1. The lowest BCUT2D eigenvalue weighted by molar-refractivity contribution is -0.140. The van der Waals surface area contributed by atoms with Crippen molar-refractivity contribution in [1.29, 1.82) is 0 Å². The molecule has 0 spiro atoms. The molecule has 1 aromatic carbocycles. The molecule has 2 saturated heterocycles. The number of pyridine rings is 1. The summed E-state index contributed by atoms with van der Waals surface area (Å²) in [6.45, 7) is 3.90. The van der Waals surface area contributed by atoms with E-state index in [0.29, 0.717) is 48.9 Å². The number of Topliss-reactive ketones (excluding diaryl/α,β-unsaturated/α-hetero) is 1. The van der Waals surface area contributed by atoms with Gasteiger partial charge in [0, 0.05) is 44.1 Å². The van der Waals surface area contributed by atoms with Crippen molar-refractivity contribution in [3.05, 3.63) is 59.4 Å². The lowest BCUT2D eigenvalue weighted by Gasteiger charge is -2.30. The van der Waals surface area contributed by atoms with E-state index in [2.05, 4.69) is 9.88 Å². The molecule has 0 bridgehead atoms. The van der Waals surface area contributed by atoms with Gasteiger partial charge in [0.2, 0.25) is 6.79 Å². The van der Waals surface area contributed by atoms with Gasteiger partial charge in [-0.2, -0.15) is 0 Å². The van der Waals surface area contributed by atoms with Crippen LogP contribution >= 0.6 is 0 Å². The lowest BCUT2D eigenvalue weighted by atomic mass is 9.96. The van der Waals surface area contributed by atoms with Crippen LogP contribution in [0.5, 0.6) is 11.5 Å². The van der Waals surface area contributed by atoms with Crippen molar-refractivity contribution in [3.63, 3.8) is 0 Å². The molecule has 0 saturated carbocycles. The Labute approximate surface area is 184 Å². The van der Waals surface area contributed by atoms with Gasteiger partial charge in [0.15, 0.2) is 11.5 Å². The van der Waals surface area contributed by atoms with Crippen molar-refractivity contribution in [2.45, 2.75) is 6.04 Å². The number of aliphatic hydroxyl groups excluding tert-OH is 1. The Hall–Kier alpha value is -3.43. The molecule has 2 fully saturated rings. The number of morpholine rings is 1. The maximum absolute atomic E-state index is 13.1.